The molecule has 2 aromatic rings. The summed E-state index contributed by atoms with van der Waals surface area (Å²) in [7, 11) is 3.02. The third-order valence-electron chi connectivity index (χ3n) is 3.81. The topological polar surface area (TPSA) is 84.7 Å². The van der Waals surface area contributed by atoms with Crippen molar-refractivity contribution in [3.05, 3.63) is 41.7 Å². The SMILES string of the molecule is COc1ccccc1-n1ncc(C(=O)N(C)C(C)C(=O)O)c1C. The van der Waals surface area contributed by atoms with Crippen molar-refractivity contribution in [3.63, 3.8) is 0 Å². The summed E-state index contributed by atoms with van der Waals surface area (Å²) in [5.41, 5.74) is 1.68. The van der Waals surface area contributed by atoms with E-state index in [1.165, 1.54) is 25.1 Å². The highest BCUT2D eigenvalue weighted by Crippen LogP contribution is 2.24. The molecule has 7 nitrogen and oxygen atoms in total. The maximum Gasteiger partial charge on any atom is 0.326 e. The van der Waals surface area contributed by atoms with Crippen LogP contribution in [-0.4, -0.2) is 51.9 Å². The first kappa shape index (κ1) is 16.5. The van der Waals surface area contributed by atoms with E-state index in [0.717, 1.165) is 0 Å². The monoisotopic (exact) mass is 317 g/mol. The van der Waals surface area contributed by atoms with Gasteiger partial charge in [0.15, 0.2) is 0 Å². The van der Waals surface area contributed by atoms with E-state index < -0.39 is 17.9 Å². The Kier molecular flexibility index (Phi) is 4.68. The summed E-state index contributed by atoms with van der Waals surface area (Å²) in [5.74, 6) is -0.820. The van der Waals surface area contributed by atoms with Crippen molar-refractivity contribution in [1.82, 2.24) is 14.7 Å². The third kappa shape index (κ3) is 3.03. The van der Waals surface area contributed by atoms with Crippen LogP contribution in [0.15, 0.2) is 30.5 Å². The second-order valence-electron chi connectivity index (χ2n) is 5.16. The number of carboxylic acids is 1. The van der Waals surface area contributed by atoms with Crippen LogP contribution < -0.4 is 4.74 Å². The van der Waals surface area contributed by atoms with Crippen LogP contribution >= 0.6 is 0 Å². The molecule has 1 heterocycles. The second kappa shape index (κ2) is 6.51. The van der Waals surface area contributed by atoms with Crippen LogP contribution in [0.3, 0.4) is 0 Å². The van der Waals surface area contributed by atoms with Gasteiger partial charge in [-0.25, -0.2) is 9.48 Å². The van der Waals surface area contributed by atoms with Gasteiger partial charge in [-0.2, -0.15) is 5.10 Å². The highest BCUT2D eigenvalue weighted by atomic mass is 16.5. The van der Waals surface area contributed by atoms with E-state index in [4.69, 9.17) is 9.84 Å². The Morgan fingerprint density at radius 2 is 2.00 bits per heavy atom. The average Bonchev–Trinajstić information content (AvgIpc) is 2.93. The maximum absolute atomic E-state index is 12.5. The number of hydrogen-bond donors (Lipinski definition) is 1. The number of aromatic nitrogens is 2. The summed E-state index contributed by atoms with van der Waals surface area (Å²) in [6.07, 6.45) is 1.44. The van der Waals surface area contributed by atoms with Gasteiger partial charge < -0.3 is 14.7 Å². The smallest absolute Gasteiger partial charge is 0.326 e. The summed E-state index contributed by atoms with van der Waals surface area (Å²) in [6.45, 7) is 3.21. The van der Waals surface area contributed by atoms with Crippen molar-refractivity contribution in [2.24, 2.45) is 0 Å². The molecule has 1 unspecified atom stereocenters. The fourth-order valence-corrected chi connectivity index (χ4v) is 2.20. The number of para-hydroxylation sites is 2. The highest BCUT2D eigenvalue weighted by Gasteiger charge is 2.26. The minimum atomic E-state index is -1.06. The van der Waals surface area contributed by atoms with Gasteiger partial charge in [0.1, 0.15) is 17.5 Å². The molecule has 0 saturated carbocycles. The van der Waals surface area contributed by atoms with E-state index in [1.807, 2.05) is 18.2 Å². The molecule has 0 spiro atoms. The predicted octanol–water partition coefficient (Wildman–Crippen LogP) is 1.73. The van der Waals surface area contributed by atoms with E-state index >= 15 is 0 Å². The quantitative estimate of drug-likeness (QED) is 0.908. The fraction of sp³-hybridized carbons (Fsp3) is 0.312. The van der Waals surface area contributed by atoms with Gasteiger partial charge in [-0.05, 0) is 26.0 Å². The second-order valence-corrected chi connectivity index (χ2v) is 5.16. The Labute approximate surface area is 134 Å². The van der Waals surface area contributed by atoms with Crippen LogP contribution in [0, 0.1) is 6.92 Å². The molecule has 0 fully saturated rings. The van der Waals surface area contributed by atoms with E-state index in [0.29, 0.717) is 22.7 Å². The predicted molar refractivity (Wildman–Crippen MR) is 84.0 cm³/mol. The number of aliphatic carboxylic acids is 1. The van der Waals surface area contributed by atoms with E-state index in [2.05, 4.69) is 5.10 Å². The van der Waals surface area contributed by atoms with Crippen molar-refractivity contribution in [3.8, 4) is 11.4 Å². The fourth-order valence-electron chi connectivity index (χ4n) is 2.20. The van der Waals surface area contributed by atoms with Gasteiger partial charge in [0.05, 0.1) is 24.6 Å². The molecule has 1 amide bonds. The van der Waals surface area contributed by atoms with Gasteiger partial charge in [0.25, 0.3) is 5.91 Å². The summed E-state index contributed by atoms with van der Waals surface area (Å²) in [4.78, 5) is 24.7. The Morgan fingerprint density at radius 1 is 1.35 bits per heavy atom. The molecule has 7 heteroatoms. The summed E-state index contributed by atoms with van der Waals surface area (Å²) in [5, 5.41) is 13.3. The van der Waals surface area contributed by atoms with Crippen LogP contribution in [0.25, 0.3) is 5.69 Å². The number of ether oxygens (including phenoxy) is 1. The molecule has 1 N–H and O–H groups in total. The van der Waals surface area contributed by atoms with Crippen LogP contribution in [0.5, 0.6) is 5.75 Å². The number of carboxylic acid groups (broad SMARTS) is 1. The highest BCUT2D eigenvalue weighted by molar-refractivity contribution is 5.97. The molecule has 0 saturated heterocycles. The van der Waals surface area contributed by atoms with Gasteiger partial charge in [-0.1, -0.05) is 12.1 Å². The van der Waals surface area contributed by atoms with Gasteiger partial charge in [-0.15, -0.1) is 0 Å². The van der Waals surface area contributed by atoms with Crippen molar-refractivity contribution < 1.29 is 19.4 Å². The average molecular weight is 317 g/mol. The van der Waals surface area contributed by atoms with Crippen LogP contribution in [0.4, 0.5) is 0 Å². The molecular formula is C16H19N3O4. The number of likely N-dealkylation sites (N-methyl/N-ethyl adjacent to an activating group) is 1. The lowest BCUT2D eigenvalue weighted by atomic mass is 10.2. The number of benzene rings is 1. The minimum Gasteiger partial charge on any atom is -0.494 e. The zero-order chi connectivity index (χ0) is 17.1. The summed E-state index contributed by atoms with van der Waals surface area (Å²) >= 11 is 0. The first-order chi connectivity index (χ1) is 10.9. The molecule has 1 atom stereocenters. The van der Waals surface area contributed by atoms with Crippen LogP contribution in [0.2, 0.25) is 0 Å². The maximum atomic E-state index is 12.5. The molecule has 1 aromatic carbocycles. The number of hydrogen-bond acceptors (Lipinski definition) is 4. The van der Waals surface area contributed by atoms with Gasteiger partial charge in [-0.3, -0.25) is 4.79 Å². The summed E-state index contributed by atoms with van der Waals surface area (Å²) < 4.78 is 6.91. The Hall–Kier alpha value is -2.83. The summed E-state index contributed by atoms with van der Waals surface area (Å²) in [6, 6.07) is 6.40. The molecule has 122 valence electrons. The number of amides is 1. The Morgan fingerprint density at radius 3 is 2.61 bits per heavy atom. The van der Waals surface area contributed by atoms with Crippen LogP contribution in [0.1, 0.15) is 23.0 Å². The number of methoxy groups -OCH3 is 1. The lowest BCUT2D eigenvalue weighted by molar-refractivity contribution is -0.141. The lowest BCUT2D eigenvalue weighted by Crippen LogP contribution is -2.40. The van der Waals surface area contributed by atoms with E-state index in [1.54, 1.807) is 24.8 Å². The van der Waals surface area contributed by atoms with Crippen molar-refractivity contribution in [2.75, 3.05) is 14.2 Å². The van der Waals surface area contributed by atoms with Crippen molar-refractivity contribution >= 4 is 11.9 Å². The lowest BCUT2D eigenvalue weighted by Gasteiger charge is -2.21. The van der Waals surface area contributed by atoms with E-state index in [-0.39, 0.29) is 0 Å². The largest absolute Gasteiger partial charge is 0.494 e. The van der Waals surface area contributed by atoms with Crippen LogP contribution in [-0.2, 0) is 4.79 Å². The van der Waals surface area contributed by atoms with Crippen molar-refractivity contribution in [1.29, 1.82) is 0 Å². The number of carbonyl (C=O) groups is 2. The normalized spacial score (nSPS) is 11.8. The molecule has 23 heavy (non-hydrogen) atoms. The molecule has 0 aliphatic rings. The minimum absolute atomic E-state index is 0.353. The molecule has 1 aromatic heterocycles. The van der Waals surface area contributed by atoms with Gasteiger partial charge in [0, 0.05) is 7.05 Å². The molecular weight excluding hydrogens is 298 g/mol. The molecule has 0 radical (unpaired) electrons. The molecule has 0 aliphatic carbocycles. The van der Waals surface area contributed by atoms with Crippen molar-refractivity contribution in [2.45, 2.75) is 19.9 Å². The Balaban J connectivity index is 2.40. The Bertz CT molecular complexity index is 739. The van der Waals surface area contributed by atoms with E-state index in [9.17, 15) is 9.59 Å². The van der Waals surface area contributed by atoms with Gasteiger partial charge in [0.2, 0.25) is 0 Å². The molecule has 2 rings (SSSR count). The molecule has 0 bridgehead atoms. The first-order valence-corrected chi connectivity index (χ1v) is 7.06. The number of rotatable bonds is 5. The third-order valence-corrected chi connectivity index (χ3v) is 3.81. The number of carbonyl (C=O) groups excluding carboxylic acids is 1. The zero-order valence-corrected chi connectivity index (χ0v) is 13.5. The standard InChI is InChI=1S/C16H19N3O4/c1-10-12(15(20)18(3)11(2)16(21)22)9-17-19(10)13-7-5-6-8-14(13)23-4/h5-9,11H,1-4H3,(H,21,22). The number of nitrogens with zero attached hydrogens (tertiary/aromatic N) is 3. The van der Waals surface area contributed by atoms with Gasteiger partial charge >= 0.3 is 5.97 Å². The molecule has 0 aliphatic heterocycles. The first-order valence-electron chi connectivity index (χ1n) is 7.06. The zero-order valence-electron chi connectivity index (χ0n) is 13.5.